The zero-order valence-electron chi connectivity index (χ0n) is 78.5. The first-order valence-electron chi connectivity index (χ1n) is 43.1. The molecule has 14 aromatic carbocycles. The normalized spacial score (nSPS) is 11.6. The minimum Gasteiger partial charge on any atom is -0.506 e. The van der Waals surface area contributed by atoms with Crippen molar-refractivity contribution in [2.75, 3.05) is 14.2 Å². The Morgan fingerprint density at radius 1 is 0.264 bits per heavy atom. The monoisotopic (exact) mass is 2210 g/mol. The topological polar surface area (TPSA) is 391 Å². The van der Waals surface area contributed by atoms with Gasteiger partial charge in [0.05, 0.1) is 34.9 Å². The Labute approximate surface area is 887 Å². The summed E-state index contributed by atoms with van der Waals surface area (Å²) in [4.78, 5) is 30.9. The third-order valence-corrected chi connectivity index (χ3v) is 22.1. The van der Waals surface area contributed by atoms with E-state index in [4.69, 9.17) is 44.3 Å². The molecule has 0 radical (unpaired) electrons. The SMILES string of the molecule is COc1nc(C)nc(N=Nc2c(O)ccc3ccccc23)c1C(F)(F)F.COc1nc(C)nc(N=Nc2c(O)ccc3ccccc23)c1C(F)(F)F.Cc1cccc(N=Nc2c(O)ccc3ccccc23)n1.Cc1cccc(N=Nc2c(O)ccc3ccccc23)n1.Oc1c(N=Nc2ncc(C(F)(F)F)cc2Cl)c2ccccc2c2ccccc12.Oc1c(N=Nc2ncc(Cl)cc2Cl)c2ccccc2c2ccccc12.[Zn].[Zn].[Zn]. The molecule has 0 bridgehead atoms. The predicted octanol–water partition coefficient (Wildman–Crippen LogP) is 33.5. The van der Waals surface area contributed by atoms with Gasteiger partial charge < -0.3 is 40.1 Å². The molecule has 0 aliphatic heterocycles. The Hall–Kier alpha value is -16.0. The van der Waals surface area contributed by atoms with Crippen LogP contribution in [0.15, 0.2) is 365 Å². The molecule has 6 heterocycles. The summed E-state index contributed by atoms with van der Waals surface area (Å²) < 4.78 is 128. The van der Waals surface area contributed by atoms with Gasteiger partial charge in [0.25, 0.3) is 0 Å². The van der Waals surface area contributed by atoms with E-state index >= 15 is 0 Å². The van der Waals surface area contributed by atoms with Gasteiger partial charge in [-0.05, 0) is 131 Å². The van der Waals surface area contributed by atoms with Gasteiger partial charge >= 0.3 is 18.5 Å². The molecule has 148 heavy (non-hydrogen) atoms. The standard InChI is InChI=1S/C20H11ClF3N3O.C19H11Cl2N3O.2C17H13F3N4O2.2C16H13N3O.3Zn/c21-16-9-11(20(22,23)24)10-25-19(16)27-26-17-14-7-3-1-5-12(14)13-6-2-4-8-15(13)18(17)28;20-11-9-16(21)19(22-10-11)24-23-17-14-7-3-1-5-12(14)13-6-2-4-8-15(13)18(17)25;2*1-9-21-15(13(17(18,19)20)16(22-9)26-2)24-23-14-11-6-4-3-5-10(11)7-8-12(14)25;2*1-11-5-4-8-15(17-11)18-19-16-13-7-3-2-6-12(13)9-10-14(16)20;;;/h1-10,28H;1-10,25H;2*3-8,25H,1-2H3;2*2-10,20H,1H3;;;. The van der Waals surface area contributed by atoms with Crippen molar-refractivity contribution in [3.63, 3.8) is 0 Å². The number of aromatic nitrogens is 8. The van der Waals surface area contributed by atoms with Crippen LogP contribution in [0.3, 0.4) is 0 Å². The maximum Gasteiger partial charge on any atom is 0.425 e. The number of phenolic OH excluding ortho intramolecular Hbond substituents is 6. The van der Waals surface area contributed by atoms with Crippen molar-refractivity contribution in [2.45, 2.75) is 46.2 Å². The molecule has 20 rings (SSSR count). The summed E-state index contributed by atoms with van der Waals surface area (Å²) in [7, 11) is 2.16. The Morgan fingerprint density at radius 3 is 0.845 bits per heavy atom. The largest absolute Gasteiger partial charge is 0.506 e. The maximum atomic E-state index is 13.4. The number of aromatic hydroxyl groups is 6. The fourth-order valence-corrected chi connectivity index (χ4v) is 15.3. The molecule has 0 saturated carbocycles. The molecule has 0 saturated heterocycles. The van der Waals surface area contributed by atoms with Crippen molar-refractivity contribution in [2.24, 2.45) is 61.4 Å². The summed E-state index contributed by atoms with van der Waals surface area (Å²) in [5.74, 6) is -1.65. The van der Waals surface area contributed by atoms with E-state index in [0.29, 0.717) is 71.9 Å². The Kier molecular flexibility index (Phi) is 36.9. The predicted molar refractivity (Wildman–Crippen MR) is 537 cm³/mol. The van der Waals surface area contributed by atoms with Crippen LogP contribution in [0.1, 0.15) is 39.7 Å². The van der Waals surface area contributed by atoms with Crippen LogP contribution in [0.4, 0.5) is 109 Å². The van der Waals surface area contributed by atoms with E-state index in [9.17, 15) is 70.2 Å². The summed E-state index contributed by atoms with van der Waals surface area (Å²) >= 11 is 17.8. The molecular formula is C105H74Cl3F9N20O8Zn3. The van der Waals surface area contributed by atoms with E-state index in [0.717, 1.165) is 90.9 Å². The first kappa shape index (κ1) is 111. The number of benzene rings is 14. The van der Waals surface area contributed by atoms with Crippen molar-refractivity contribution in [1.29, 1.82) is 0 Å². The average Bonchev–Trinajstić information content (AvgIpc) is 0.765. The molecule has 20 aromatic rings. The number of fused-ring (bicyclic) bond motifs is 10. The molecule has 6 N–H and O–H groups in total. The van der Waals surface area contributed by atoms with Gasteiger partial charge in [0.1, 0.15) is 68.8 Å². The zero-order chi connectivity index (χ0) is 103. The van der Waals surface area contributed by atoms with E-state index in [1.54, 1.807) is 115 Å². The number of phenols is 6. The van der Waals surface area contributed by atoms with E-state index in [2.05, 4.69) is 101 Å². The second-order valence-corrected chi connectivity index (χ2v) is 32.4. The molecule has 0 fully saturated rings. The molecule has 0 spiro atoms. The van der Waals surface area contributed by atoms with Crippen molar-refractivity contribution < 1.29 is 138 Å². The van der Waals surface area contributed by atoms with Gasteiger partial charge in [0.2, 0.25) is 11.8 Å². The fraction of sp³-hybridized carbons (Fsp3) is 0.0857. The third kappa shape index (κ3) is 26.5. The van der Waals surface area contributed by atoms with Gasteiger partial charge in [0.15, 0.2) is 57.5 Å². The second kappa shape index (κ2) is 49.3. The van der Waals surface area contributed by atoms with Crippen LogP contribution in [0.2, 0.25) is 15.1 Å². The Balaban J connectivity index is 0.000000158. The molecule has 0 atom stereocenters. The van der Waals surface area contributed by atoms with Crippen LogP contribution in [-0.2, 0) is 77.0 Å². The van der Waals surface area contributed by atoms with Crippen molar-refractivity contribution in [1.82, 2.24) is 39.9 Å². The van der Waals surface area contributed by atoms with Crippen LogP contribution in [-0.4, -0.2) is 84.7 Å². The van der Waals surface area contributed by atoms with Gasteiger partial charge in [-0.25, -0.2) is 29.9 Å². The number of hydrogen-bond acceptors (Lipinski definition) is 28. The molecule has 6 aromatic heterocycles. The Bertz CT molecular complexity index is 8230. The minimum absolute atomic E-state index is 0. The zero-order valence-corrected chi connectivity index (χ0v) is 89.6. The summed E-state index contributed by atoms with van der Waals surface area (Å²) in [5.41, 5.74) is -0.0873. The number of pyridine rings is 4. The van der Waals surface area contributed by atoms with Crippen molar-refractivity contribution in [3.8, 4) is 46.3 Å². The van der Waals surface area contributed by atoms with Crippen LogP contribution in [0, 0.1) is 27.7 Å². The molecule has 0 aliphatic carbocycles. The van der Waals surface area contributed by atoms with Gasteiger partial charge in [0, 0.05) is 125 Å². The number of azo groups is 6. The number of hydrogen-bond donors (Lipinski definition) is 6. The first-order chi connectivity index (χ1) is 69.6. The summed E-state index contributed by atoms with van der Waals surface area (Å²) in [5, 5.41) is 122. The smallest absolute Gasteiger partial charge is 0.425 e. The van der Waals surface area contributed by atoms with Crippen molar-refractivity contribution in [3.05, 3.63) is 358 Å². The third-order valence-electron chi connectivity index (χ3n) is 21.3. The molecule has 0 amide bonds. The van der Waals surface area contributed by atoms with Crippen LogP contribution in [0.5, 0.6) is 46.3 Å². The second-order valence-electron chi connectivity index (χ2n) is 31.1. The quantitative estimate of drug-likeness (QED) is 0.0255. The minimum atomic E-state index is -4.78. The van der Waals surface area contributed by atoms with E-state index in [-0.39, 0.29) is 138 Å². The van der Waals surface area contributed by atoms with Gasteiger partial charge in [-0.2, -0.15) is 49.5 Å². The van der Waals surface area contributed by atoms with Gasteiger partial charge in [-0.15, -0.1) is 61.4 Å². The van der Waals surface area contributed by atoms with Gasteiger partial charge in [-0.3, -0.25) is 0 Å². The number of halogens is 12. The average molecular weight is 2220 g/mol. The fourth-order valence-electron chi connectivity index (χ4n) is 14.7. The van der Waals surface area contributed by atoms with E-state index in [1.807, 2.05) is 172 Å². The molecule has 732 valence electrons. The maximum absolute atomic E-state index is 13.4. The van der Waals surface area contributed by atoms with Crippen molar-refractivity contribution >= 4 is 190 Å². The summed E-state index contributed by atoms with van der Waals surface area (Å²) in [6.45, 7) is 6.62. The number of ether oxygens (including phenoxy) is 2. The molecular weight excluding hydrogens is 2140 g/mol. The number of methoxy groups -OCH3 is 2. The molecule has 43 heteroatoms. The van der Waals surface area contributed by atoms with Crippen LogP contribution >= 0.6 is 34.8 Å². The summed E-state index contributed by atoms with van der Waals surface area (Å²) in [6, 6.07) is 85.8. The van der Waals surface area contributed by atoms with Crippen LogP contribution < -0.4 is 9.47 Å². The molecule has 0 aliphatic rings. The number of aryl methyl sites for hydroxylation is 4. The van der Waals surface area contributed by atoms with Crippen LogP contribution in [0.25, 0.3) is 86.2 Å². The molecule has 28 nitrogen and oxygen atoms in total. The number of alkyl halides is 9. The first-order valence-corrected chi connectivity index (χ1v) is 44.2. The van der Waals surface area contributed by atoms with Gasteiger partial charge in [-0.1, -0.05) is 265 Å². The van der Waals surface area contributed by atoms with E-state index < -0.39 is 58.6 Å². The molecule has 0 unspecified atom stereocenters. The summed E-state index contributed by atoms with van der Waals surface area (Å²) in [6.07, 6.45) is -12.0. The Morgan fingerprint density at radius 2 is 0.541 bits per heavy atom. The number of rotatable bonds is 14. The van der Waals surface area contributed by atoms with E-state index in [1.165, 1.54) is 32.2 Å². The number of nitrogens with zero attached hydrogens (tertiary/aromatic N) is 20.